The molecule has 0 amide bonds. The van der Waals surface area contributed by atoms with Crippen LogP contribution < -0.4 is 9.80 Å². The van der Waals surface area contributed by atoms with Gasteiger partial charge in [-0.25, -0.2) is 24.7 Å². The first-order valence-electron chi connectivity index (χ1n) is 7.96. The fraction of sp³-hybridized carbons (Fsp3) is 0.312. The number of halogens is 1. The molecule has 1 aliphatic heterocycles. The Bertz CT molecular complexity index is 957. The second-order valence-corrected chi connectivity index (χ2v) is 6.97. The van der Waals surface area contributed by atoms with Gasteiger partial charge in [-0.05, 0) is 11.4 Å². The summed E-state index contributed by atoms with van der Waals surface area (Å²) < 4.78 is 5.74. The van der Waals surface area contributed by atoms with Crippen molar-refractivity contribution in [1.29, 1.82) is 0 Å². The first-order chi connectivity index (χ1) is 12.7. The SMILES string of the molecule is COC(=O)c1nc(N2CCN(c3cc(Cl)ncn3)CC2)c2sccc2n1. The van der Waals surface area contributed by atoms with Crippen molar-refractivity contribution in [3.8, 4) is 0 Å². The third-order valence-corrected chi connectivity index (χ3v) is 5.28. The Morgan fingerprint density at radius 3 is 2.69 bits per heavy atom. The van der Waals surface area contributed by atoms with Crippen LogP contribution in [0.3, 0.4) is 0 Å². The van der Waals surface area contributed by atoms with Crippen LogP contribution in [0.15, 0.2) is 23.8 Å². The van der Waals surface area contributed by atoms with E-state index in [-0.39, 0.29) is 5.82 Å². The summed E-state index contributed by atoms with van der Waals surface area (Å²) in [6, 6.07) is 3.64. The lowest BCUT2D eigenvalue weighted by Gasteiger charge is -2.36. The van der Waals surface area contributed by atoms with Crippen molar-refractivity contribution in [2.24, 2.45) is 0 Å². The smallest absolute Gasteiger partial charge is 0.376 e. The van der Waals surface area contributed by atoms with Gasteiger partial charge in [0.1, 0.15) is 17.3 Å². The Balaban J connectivity index is 1.59. The molecule has 4 rings (SSSR count). The van der Waals surface area contributed by atoms with Crippen molar-refractivity contribution in [3.05, 3.63) is 34.8 Å². The fourth-order valence-electron chi connectivity index (χ4n) is 2.89. The Kier molecular flexibility index (Phi) is 4.56. The van der Waals surface area contributed by atoms with E-state index in [1.165, 1.54) is 13.4 Å². The lowest BCUT2D eigenvalue weighted by Crippen LogP contribution is -2.47. The lowest BCUT2D eigenvalue weighted by molar-refractivity contribution is 0.0587. The van der Waals surface area contributed by atoms with Crippen LogP contribution in [0, 0.1) is 0 Å². The van der Waals surface area contributed by atoms with Gasteiger partial charge in [-0.15, -0.1) is 11.3 Å². The van der Waals surface area contributed by atoms with Crippen molar-refractivity contribution in [2.75, 3.05) is 43.1 Å². The summed E-state index contributed by atoms with van der Waals surface area (Å²) in [6.45, 7) is 3.01. The fourth-order valence-corrected chi connectivity index (χ4v) is 3.88. The third kappa shape index (κ3) is 3.15. The Morgan fingerprint density at radius 1 is 1.19 bits per heavy atom. The molecule has 134 valence electrons. The highest BCUT2D eigenvalue weighted by Crippen LogP contribution is 2.30. The molecule has 10 heteroatoms. The number of hydrogen-bond donors (Lipinski definition) is 0. The zero-order valence-corrected chi connectivity index (χ0v) is 15.5. The number of thiophene rings is 1. The number of piperazine rings is 1. The van der Waals surface area contributed by atoms with E-state index < -0.39 is 5.97 Å². The lowest BCUT2D eigenvalue weighted by atomic mass is 10.3. The highest BCUT2D eigenvalue weighted by atomic mass is 35.5. The summed E-state index contributed by atoms with van der Waals surface area (Å²) in [6.07, 6.45) is 1.46. The number of methoxy groups -OCH3 is 1. The number of aromatic nitrogens is 4. The van der Waals surface area contributed by atoms with Crippen LogP contribution in [0.1, 0.15) is 10.6 Å². The third-order valence-electron chi connectivity index (χ3n) is 4.18. The summed E-state index contributed by atoms with van der Waals surface area (Å²) in [5.74, 6) is 1.13. The Morgan fingerprint density at radius 2 is 1.96 bits per heavy atom. The molecule has 1 aliphatic rings. The van der Waals surface area contributed by atoms with Crippen molar-refractivity contribution >= 4 is 50.8 Å². The molecule has 0 N–H and O–H groups in total. The molecule has 8 nitrogen and oxygen atoms in total. The molecule has 0 saturated carbocycles. The molecule has 0 aromatic carbocycles. The van der Waals surface area contributed by atoms with Crippen LogP contribution in [0.5, 0.6) is 0 Å². The van der Waals surface area contributed by atoms with Crippen molar-refractivity contribution in [2.45, 2.75) is 0 Å². The normalized spacial score (nSPS) is 14.7. The molecule has 3 aromatic heterocycles. The van der Waals surface area contributed by atoms with E-state index in [2.05, 4.69) is 29.7 Å². The van der Waals surface area contributed by atoms with Crippen LogP contribution >= 0.6 is 22.9 Å². The molecule has 0 spiro atoms. The monoisotopic (exact) mass is 390 g/mol. The first-order valence-corrected chi connectivity index (χ1v) is 9.22. The van der Waals surface area contributed by atoms with Crippen LogP contribution in [-0.2, 0) is 4.74 Å². The van der Waals surface area contributed by atoms with Crippen molar-refractivity contribution < 1.29 is 9.53 Å². The highest BCUT2D eigenvalue weighted by molar-refractivity contribution is 7.17. The summed E-state index contributed by atoms with van der Waals surface area (Å²) in [4.78, 5) is 33.1. The molecule has 0 radical (unpaired) electrons. The molecule has 0 atom stereocenters. The maximum atomic E-state index is 11.9. The van der Waals surface area contributed by atoms with Gasteiger partial charge in [0.05, 0.1) is 17.3 Å². The van der Waals surface area contributed by atoms with Crippen LogP contribution in [0.25, 0.3) is 10.2 Å². The molecule has 4 heterocycles. The molecule has 0 bridgehead atoms. The average molecular weight is 391 g/mol. The van der Waals surface area contributed by atoms with E-state index in [0.717, 1.165) is 48.0 Å². The van der Waals surface area contributed by atoms with Crippen LogP contribution in [0.4, 0.5) is 11.6 Å². The van der Waals surface area contributed by atoms with Crippen molar-refractivity contribution in [1.82, 2.24) is 19.9 Å². The summed E-state index contributed by atoms with van der Waals surface area (Å²) in [5.41, 5.74) is 0.755. The van der Waals surface area contributed by atoms with E-state index >= 15 is 0 Å². The summed E-state index contributed by atoms with van der Waals surface area (Å²) >= 11 is 7.52. The minimum absolute atomic E-state index is 0.0819. The number of ether oxygens (including phenoxy) is 1. The van der Waals surface area contributed by atoms with Gasteiger partial charge in [-0.2, -0.15) is 0 Å². The molecular formula is C16H15ClN6O2S. The Labute approximate surface area is 158 Å². The number of anilines is 2. The Hall–Kier alpha value is -2.52. The van der Waals surface area contributed by atoms with Gasteiger partial charge in [0.15, 0.2) is 5.82 Å². The number of esters is 1. The molecule has 1 fully saturated rings. The molecule has 26 heavy (non-hydrogen) atoms. The maximum absolute atomic E-state index is 11.9. The van der Waals surface area contributed by atoms with Gasteiger partial charge >= 0.3 is 5.97 Å². The molecule has 0 unspecified atom stereocenters. The maximum Gasteiger partial charge on any atom is 0.376 e. The summed E-state index contributed by atoms with van der Waals surface area (Å²) in [5, 5.41) is 2.37. The molecule has 3 aromatic rings. The zero-order valence-electron chi connectivity index (χ0n) is 13.9. The molecular weight excluding hydrogens is 376 g/mol. The number of fused-ring (bicyclic) bond motifs is 1. The van der Waals surface area contributed by atoms with E-state index in [4.69, 9.17) is 16.3 Å². The topological polar surface area (TPSA) is 84.3 Å². The van der Waals surface area contributed by atoms with E-state index in [9.17, 15) is 4.79 Å². The van der Waals surface area contributed by atoms with Gasteiger partial charge in [0, 0.05) is 32.2 Å². The van der Waals surface area contributed by atoms with Crippen molar-refractivity contribution in [3.63, 3.8) is 0 Å². The zero-order chi connectivity index (χ0) is 18.1. The van der Waals surface area contributed by atoms with Gasteiger partial charge in [-0.1, -0.05) is 11.6 Å². The van der Waals surface area contributed by atoms with Gasteiger partial charge < -0.3 is 14.5 Å². The van der Waals surface area contributed by atoms with Crippen LogP contribution in [-0.4, -0.2) is 59.2 Å². The van der Waals surface area contributed by atoms with E-state index in [1.54, 1.807) is 17.4 Å². The summed E-state index contributed by atoms with van der Waals surface area (Å²) in [7, 11) is 1.33. The van der Waals surface area contributed by atoms with Gasteiger partial charge in [0.25, 0.3) is 0 Å². The number of nitrogens with zero attached hydrogens (tertiary/aromatic N) is 6. The second kappa shape index (κ2) is 7.00. The number of rotatable bonds is 3. The van der Waals surface area contributed by atoms with Gasteiger partial charge in [0.2, 0.25) is 5.82 Å². The minimum Gasteiger partial charge on any atom is -0.463 e. The molecule has 1 saturated heterocycles. The molecule has 0 aliphatic carbocycles. The number of carbonyl (C=O) groups excluding carboxylic acids is 1. The quantitative estimate of drug-likeness (QED) is 0.497. The van der Waals surface area contributed by atoms with Crippen LogP contribution in [0.2, 0.25) is 5.15 Å². The van der Waals surface area contributed by atoms with E-state index in [1.807, 2.05) is 11.4 Å². The van der Waals surface area contributed by atoms with E-state index in [0.29, 0.717) is 5.15 Å². The predicted molar refractivity (Wildman–Crippen MR) is 100 cm³/mol. The second-order valence-electron chi connectivity index (χ2n) is 5.67. The number of hydrogen-bond acceptors (Lipinski definition) is 9. The minimum atomic E-state index is -0.534. The first kappa shape index (κ1) is 16.9. The average Bonchev–Trinajstić information content (AvgIpc) is 3.15. The highest BCUT2D eigenvalue weighted by Gasteiger charge is 2.24. The largest absolute Gasteiger partial charge is 0.463 e. The van der Waals surface area contributed by atoms with Gasteiger partial charge in [-0.3, -0.25) is 0 Å². The number of carbonyl (C=O) groups is 1. The predicted octanol–water partition coefficient (Wildman–Crippen LogP) is 2.25. The standard InChI is InChI=1S/C16H15ClN6O2S/c1-25-16(24)14-20-10-2-7-26-13(10)15(21-14)23-5-3-22(4-6-23)12-8-11(17)18-9-19-12/h2,7-9H,3-6H2,1H3.